The summed E-state index contributed by atoms with van der Waals surface area (Å²) in [6.07, 6.45) is -4.66. The fraction of sp³-hybridized carbons (Fsp3) is 0.182. The van der Waals surface area contributed by atoms with E-state index in [2.05, 4.69) is 41.2 Å². The second kappa shape index (κ2) is 5.72. The molecule has 112 valence electrons. The molecule has 2 aromatic rings. The fourth-order valence-electron chi connectivity index (χ4n) is 1.52. The van der Waals surface area contributed by atoms with Crippen LogP contribution in [0.15, 0.2) is 22.7 Å². The summed E-state index contributed by atoms with van der Waals surface area (Å²) in [6.45, 7) is 0. The maximum Gasteiger partial charge on any atom is 0.417 e. The second-order valence-electron chi connectivity index (χ2n) is 3.81. The highest BCUT2D eigenvalue weighted by Crippen LogP contribution is 2.34. The van der Waals surface area contributed by atoms with Crippen molar-refractivity contribution < 1.29 is 22.7 Å². The minimum absolute atomic E-state index is 0.0443. The third-order valence-electron chi connectivity index (χ3n) is 2.41. The minimum atomic E-state index is -4.66. The van der Waals surface area contributed by atoms with E-state index in [1.54, 1.807) is 0 Å². The number of amides is 1. The predicted octanol–water partition coefficient (Wildman–Crippen LogP) is 2.85. The van der Waals surface area contributed by atoms with Gasteiger partial charge in [0.25, 0.3) is 5.91 Å². The van der Waals surface area contributed by atoms with Gasteiger partial charge in [-0.25, -0.2) is 5.10 Å². The highest BCUT2D eigenvalue weighted by atomic mass is 79.9. The highest BCUT2D eigenvalue weighted by molar-refractivity contribution is 9.10. The predicted molar refractivity (Wildman–Crippen MR) is 70.0 cm³/mol. The average molecular weight is 365 g/mol. The van der Waals surface area contributed by atoms with Crippen molar-refractivity contribution in [1.82, 2.24) is 15.2 Å². The van der Waals surface area contributed by atoms with Crippen LogP contribution < -0.4 is 10.1 Å². The van der Waals surface area contributed by atoms with E-state index in [4.69, 9.17) is 0 Å². The molecule has 2 rings (SSSR count). The molecule has 1 aromatic carbocycles. The van der Waals surface area contributed by atoms with E-state index in [9.17, 15) is 18.0 Å². The van der Waals surface area contributed by atoms with Crippen molar-refractivity contribution in [3.8, 4) is 6.01 Å². The number of ether oxygens (including phenoxy) is 1. The molecule has 1 heterocycles. The van der Waals surface area contributed by atoms with Gasteiger partial charge in [-0.2, -0.15) is 18.2 Å². The number of aromatic nitrogens is 3. The number of rotatable bonds is 3. The van der Waals surface area contributed by atoms with Crippen molar-refractivity contribution in [1.29, 1.82) is 0 Å². The highest BCUT2D eigenvalue weighted by Gasteiger charge is 2.35. The number of alkyl halides is 3. The number of carbonyl (C=O) groups is 1. The quantitative estimate of drug-likeness (QED) is 0.877. The number of hydrogen-bond acceptors (Lipinski definition) is 4. The third-order valence-corrected chi connectivity index (χ3v) is 2.90. The third kappa shape index (κ3) is 3.51. The molecule has 10 heteroatoms. The minimum Gasteiger partial charge on any atom is -0.466 e. The van der Waals surface area contributed by atoms with Crippen molar-refractivity contribution in [3.05, 3.63) is 33.8 Å². The van der Waals surface area contributed by atoms with Gasteiger partial charge in [-0.05, 0) is 18.2 Å². The number of nitrogens with one attached hydrogen (secondary N) is 2. The molecule has 6 nitrogen and oxygen atoms in total. The number of carbonyl (C=O) groups excluding carboxylic acids is 1. The van der Waals surface area contributed by atoms with E-state index >= 15 is 0 Å². The van der Waals surface area contributed by atoms with E-state index in [-0.39, 0.29) is 16.4 Å². The topological polar surface area (TPSA) is 79.9 Å². The molecule has 2 N–H and O–H groups in total. The zero-order chi connectivity index (χ0) is 15.6. The van der Waals surface area contributed by atoms with Gasteiger partial charge in [0.1, 0.15) is 0 Å². The van der Waals surface area contributed by atoms with Gasteiger partial charge in [0.15, 0.2) is 0 Å². The maximum absolute atomic E-state index is 12.9. The van der Waals surface area contributed by atoms with Crippen molar-refractivity contribution in [2.24, 2.45) is 0 Å². The van der Waals surface area contributed by atoms with Crippen LogP contribution >= 0.6 is 15.9 Å². The van der Waals surface area contributed by atoms with Crippen molar-refractivity contribution in [2.45, 2.75) is 6.18 Å². The summed E-state index contributed by atoms with van der Waals surface area (Å²) in [5, 5.41) is 8.06. The number of anilines is 1. The van der Waals surface area contributed by atoms with Crippen LogP contribution in [0.4, 0.5) is 19.1 Å². The summed E-state index contributed by atoms with van der Waals surface area (Å²) in [7, 11) is 1.31. The molecule has 1 amide bonds. The number of nitrogens with zero attached hydrogens (tertiary/aromatic N) is 2. The van der Waals surface area contributed by atoms with Crippen molar-refractivity contribution in [3.63, 3.8) is 0 Å². The van der Waals surface area contributed by atoms with E-state index in [0.29, 0.717) is 0 Å². The molecule has 0 atom stereocenters. The molecule has 0 aliphatic rings. The van der Waals surface area contributed by atoms with Crippen LogP contribution in [0.25, 0.3) is 0 Å². The first-order valence-electron chi connectivity index (χ1n) is 5.45. The Bertz CT molecular complexity index is 672. The lowest BCUT2D eigenvalue weighted by Gasteiger charge is -2.12. The normalized spacial score (nSPS) is 11.3. The number of benzene rings is 1. The van der Waals surface area contributed by atoms with E-state index in [1.165, 1.54) is 13.2 Å². The monoisotopic (exact) mass is 364 g/mol. The Kier molecular flexibility index (Phi) is 4.16. The first-order chi connectivity index (χ1) is 9.81. The number of aromatic amines is 1. The molecule has 0 saturated carbocycles. The number of H-pyrrole nitrogens is 1. The molecule has 0 aliphatic heterocycles. The summed E-state index contributed by atoms with van der Waals surface area (Å²) in [6, 6.07) is 3.19. The van der Waals surface area contributed by atoms with Crippen LogP contribution in [0.2, 0.25) is 0 Å². The molecule has 0 bridgehead atoms. The first-order valence-corrected chi connectivity index (χ1v) is 6.25. The molecule has 0 fully saturated rings. The molecule has 0 saturated heterocycles. The van der Waals surface area contributed by atoms with Crippen LogP contribution in [0, 0.1) is 0 Å². The van der Waals surface area contributed by atoms with Gasteiger partial charge in [0.05, 0.1) is 18.2 Å². The zero-order valence-electron chi connectivity index (χ0n) is 10.5. The van der Waals surface area contributed by atoms with Crippen molar-refractivity contribution in [2.75, 3.05) is 12.4 Å². The largest absolute Gasteiger partial charge is 0.466 e. The Morgan fingerprint density at radius 2 is 2.14 bits per heavy atom. The van der Waals surface area contributed by atoms with Crippen molar-refractivity contribution >= 4 is 27.8 Å². The van der Waals surface area contributed by atoms with Crippen LogP contribution in [0.1, 0.15) is 15.9 Å². The van der Waals surface area contributed by atoms with Gasteiger partial charge in [-0.15, -0.1) is 5.10 Å². The molecule has 0 radical (unpaired) electrons. The Morgan fingerprint density at radius 1 is 1.43 bits per heavy atom. The van der Waals surface area contributed by atoms with Gasteiger partial charge in [-0.1, -0.05) is 15.9 Å². The van der Waals surface area contributed by atoms with Gasteiger partial charge in [0, 0.05) is 4.47 Å². The Labute approximate surface area is 124 Å². The molecular formula is C11H8BrF3N4O2. The number of methoxy groups -OCH3 is 1. The SMILES string of the molecule is COc1n[nH]c(NC(=O)c2ccc(Br)cc2C(F)(F)F)n1. The smallest absolute Gasteiger partial charge is 0.417 e. The maximum atomic E-state index is 12.9. The summed E-state index contributed by atoms with van der Waals surface area (Å²) < 4.78 is 43.7. The standard InChI is InChI=1S/C11H8BrF3N4O2/c1-21-10-17-9(18-19-10)16-8(20)6-3-2-5(12)4-7(6)11(13,14)15/h2-4H,1H3,(H2,16,17,18,19,20). The summed E-state index contributed by atoms with van der Waals surface area (Å²) >= 11 is 2.94. The van der Waals surface area contributed by atoms with Crippen LogP contribution in [0.3, 0.4) is 0 Å². The fourth-order valence-corrected chi connectivity index (χ4v) is 1.88. The summed E-state index contributed by atoms with van der Waals surface area (Å²) in [5.74, 6) is -1.08. The molecule has 0 spiro atoms. The van der Waals surface area contributed by atoms with E-state index in [0.717, 1.165) is 12.1 Å². The summed E-state index contributed by atoms with van der Waals surface area (Å²) in [5.41, 5.74) is -1.58. The number of hydrogen-bond donors (Lipinski definition) is 2. The molecule has 21 heavy (non-hydrogen) atoms. The van der Waals surface area contributed by atoms with E-state index < -0.39 is 23.2 Å². The van der Waals surface area contributed by atoms with Gasteiger partial charge >= 0.3 is 12.2 Å². The number of halogens is 4. The lowest BCUT2D eigenvalue weighted by molar-refractivity contribution is -0.137. The van der Waals surface area contributed by atoms with Gasteiger partial charge < -0.3 is 4.74 Å². The first kappa shape index (κ1) is 15.3. The lowest BCUT2D eigenvalue weighted by Crippen LogP contribution is -2.19. The Balaban J connectivity index is 2.30. The lowest BCUT2D eigenvalue weighted by atomic mass is 10.1. The Morgan fingerprint density at radius 3 is 2.71 bits per heavy atom. The Hall–Kier alpha value is -2.10. The second-order valence-corrected chi connectivity index (χ2v) is 4.73. The molecule has 0 aliphatic carbocycles. The molecular weight excluding hydrogens is 357 g/mol. The average Bonchev–Trinajstić information content (AvgIpc) is 2.85. The summed E-state index contributed by atoms with van der Waals surface area (Å²) in [4.78, 5) is 15.6. The molecule has 0 unspecified atom stereocenters. The zero-order valence-corrected chi connectivity index (χ0v) is 12.0. The molecule has 1 aromatic heterocycles. The van der Waals surface area contributed by atoms with Gasteiger partial charge in [0.2, 0.25) is 5.95 Å². The van der Waals surface area contributed by atoms with Gasteiger partial charge in [-0.3, -0.25) is 10.1 Å². The van der Waals surface area contributed by atoms with E-state index in [1.807, 2.05) is 0 Å². The van der Waals surface area contributed by atoms with Crippen LogP contribution in [-0.4, -0.2) is 28.2 Å². The van der Waals surface area contributed by atoms with Crippen LogP contribution in [0.5, 0.6) is 6.01 Å². The van der Waals surface area contributed by atoms with Crippen LogP contribution in [-0.2, 0) is 6.18 Å².